The van der Waals surface area contributed by atoms with Gasteiger partial charge in [0.25, 0.3) is 5.91 Å². The van der Waals surface area contributed by atoms with Crippen LogP contribution in [0.5, 0.6) is 0 Å². The van der Waals surface area contributed by atoms with E-state index in [1.54, 1.807) is 12.3 Å². The van der Waals surface area contributed by atoms with Gasteiger partial charge in [0.15, 0.2) is 0 Å². The van der Waals surface area contributed by atoms with Gasteiger partial charge in [-0.2, -0.15) is 5.10 Å². The maximum Gasteiger partial charge on any atom is 0.273 e. The predicted octanol–water partition coefficient (Wildman–Crippen LogP) is 3.93. The minimum absolute atomic E-state index is 0.236. The first-order valence-corrected chi connectivity index (χ1v) is 8.30. The summed E-state index contributed by atoms with van der Waals surface area (Å²) in [5.74, 6) is -0.236. The van der Waals surface area contributed by atoms with Gasteiger partial charge >= 0.3 is 0 Å². The normalized spacial score (nSPS) is 11.4. The van der Waals surface area contributed by atoms with Gasteiger partial charge in [0, 0.05) is 35.9 Å². The van der Waals surface area contributed by atoms with E-state index in [4.69, 9.17) is 0 Å². The molecule has 2 aromatic heterocycles. The van der Waals surface area contributed by atoms with E-state index < -0.39 is 0 Å². The fourth-order valence-corrected chi connectivity index (χ4v) is 2.85. The van der Waals surface area contributed by atoms with Crippen LogP contribution in [0, 0.1) is 6.92 Å². The van der Waals surface area contributed by atoms with Crippen molar-refractivity contribution in [3.05, 3.63) is 77.9 Å². The third-order valence-corrected chi connectivity index (χ3v) is 4.04. The Morgan fingerprint density at radius 2 is 1.88 bits per heavy atom. The molecule has 128 valence electrons. The highest BCUT2D eigenvalue weighted by Gasteiger charge is 2.11. The first-order chi connectivity index (χ1) is 12.1. The molecule has 0 radical (unpaired) electrons. The number of nitrogens with zero attached hydrogens (tertiary/aromatic N) is 3. The SMILES string of the molecule is Cc1cc(/C=N\NC(=O)c2ccccc2-n2cccc2)cn1C(C)C. The van der Waals surface area contributed by atoms with Crippen LogP contribution >= 0.6 is 0 Å². The molecular weight excluding hydrogens is 312 g/mol. The van der Waals surface area contributed by atoms with Gasteiger partial charge in [-0.15, -0.1) is 0 Å². The predicted molar refractivity (Wildman–Crippen MR) is 100 cm³/mol. The van der Waals surface area contributed by atoms with E-state index in [0.717, 1.165) is 11.3 Å². The second-order valence-corrected chi connectivity index (χ2v) is 6.22. The number of para-hydroxylation sites is 1. The van der Waals surface area contributed by atoms with Crippen molar-refractivity contribution in [1.29, 1.82) is 0 Å². The van der Waals surface area contributed by atoms with Crippen LogP contribution in [-0.2, 0) is 0 Å². The zero-order valence-electron chi connectivity index (χ0n) is 14.7. The van der Waals surface area contributed by atoms with Gasteiger partial charge in [-0.05, 0) is 51.1 Å². The largest absolute Gasteiger partial charge is 0.349 e. The second kappa shape index (κ2) is 7.21. The summed E-state index contributed by atoms with van der Waals surface area (Å²) in [5.41, 5.74) is 6.14. The summed E-state index contributed by atoms with van der Waals surface area (Å²) in [6.45, 7) is 6.32. The van der Waals surface area contributed by atoms with Crippen molar-refractivity contribution in [2.24, 2.45) is 5.10 Å². The van der Waals surface area contributed by atoms with Gasteiger partial charge in [-0.25, -0.2) is 5.43 Å². The highest BCUT2D eigenvalue weighted by molar-refractivity contribution is 5.98. The molecule has 5 nitrogen and oxygen atoms in total. The Hall–Kier alpha value is -3.08. The van der Waals surface area contributed by atoms with Crippen LogP contribution in [0.2, 0.25) is 0 Å². The van der Waals surface area contributed by atoms with Crippen LogP contribution in [0.15, 0.2) is 66.2 Å². The third kappa shape index (κ3) is 3.71. The molecule has 0 aliphatic carbocycles. The summed E-state index contributed by atoms with van der Waals surface area (Å²) in [7, 11) is 0. The van der Waals surface area contributed by atoms with Crippen molar-refractivity contribution in [3.63, 3.8) is 0 Å². The molecule has 0 aliphatic rings. The number of amides is 1. The van der Waals surface area contributed by atoms with E-state index in [9.17, 15) is 4.79 Å². The zero-order chi connectivity index (χ0) is 17.8. The van der Waals surface area contributed by atoms with Crippen LogP contribution in [0.3, 0.4) is 0 Å². The molecular formula is C20H22N4O. The lowest BCUT2D eigenvalue weighted by atomic mass is 10.1. The molecule has 3 aromatic rings. The Kier molecular flexibility index (Phi) is 4.84. The van der Waals surface area contributed by atoms with E-state index in [1.165, 1.54) is 5.69 Å². The topological polar surface area (TPSA) is 51.3 Å². The average Bonchev–Trinajstić information content (AvgIpc) is 3.24. The molecule has 0 atom stereocenters. The number of nitrogens with one attached hydrogen (secondary N) is 1. The quantitative estimate of drug-likeness (QED) is 0.558. The lowest BCUT2D eigenvalue weighted by Crippen LogP contribution is -2.19. The number of rotatable bonds is 5. The molecule has 0 bridgehead atoms. The molecule has 1 aromatic carbocycles. The van der Waals surface area contributed by atoms with Crippen molar-refractivity contribution < 1.29 is 4.79 Å². The summed E-state index contributed by atoms with van der Waals surface area (Å²) >= 11 is 0. The number of carbonyl (C=O) groups is 1. The van der Waals surface area contributed by atoms with E-state index in [1.807, 2.05) is 59.6 Å². The highest BCUT2D eigenvalue weighted by Crippen LogP contribution is 2.15. The Bertz CT molecular complexity index is 888. The van der Waals surface area contributed by atoms with Gasteiger partial charge in [-0.3, -0.25) is 4.79 Å². The molecule has 0 fully saturated rings. The standard InChI is InChI=1S/C20H22N4O/c1-15(2)24-14-17(12-16(24)3)13-21-22-20(25)18-8-4-5-9-19(18)23-10-6-7-11-23/h4-15H,1-3H3,(H,22,25)/b21-13-. The Labute approximate surface area is 147 Å². The zero-order valence-corrected chi connectivity index (χ0v) is 14.7. The van der Waals surface area contributed by atoms with Crippen molar-refractivity contribution in [2.45, 2.75) is 26.8 Å². The Morgan fingerprint density at radius 3 is 2.56 bits per heavy atom. The van der Waals surface area contributed by atoms with Gasteiger partial charge in [0.1, 0.15) is 0 Å². The van der Waals surface area contributed by atoms with Crippen LogP contribution < -0.4 is 5.43 Å². The fraction of sp³-hybridized carbons (Fsp3) is 0.200. The average molecular weight is 334 g/mol. The minimum atomic E-state index is -0.236. The first-order valence-electron chi connectivity index (χ1n) is 8.30. The number of hydrogen-bond acceptors (Lipinski definition) is 2. The third-order valence-electron chi connectivity index (χ3n) is 4.04. The van der Waals surface area contributed by atoms with Crippen molar-refractivity contribution >= 4 is 12.1 Å². The van der Waals surface area contributed by atoms with Gasteiger partial charge in [-0.1, -0.05) is 12.1 Å². The molecule has 3 rings (SSSR count). The van der Waals surface area contributed by atoms with E-state index in [0.29, 0.717) is 11.6 Å². The molecule has 5 heteroatoms. The summed E-state index contributed by atoms with van der Waals surface area (Å²) in [6, 6.07) is 13.7. The monoisotopic (exact) mass is 334 g/mol. The minimum Gasteiger partial charge on any atom is -0.349 e. The molecule has 0 spiro atoms. The molecule has 0 aliphatic heterocycles. The number of aromatic nitrogens is 2. The number of aryl methyl sites for hydroxylation is 1. The Balaban J connectivity index is 1.74. The van der Waals surface area contributed by atoms with Gasteiger partial charge in [0.2, 0.25) is 0 Å². The Morgan fingerprint density at radius 1 is 1.16 bits per heavy atom. The molecule has 0 unspecified atom stereocenters. The van der Waals surface area contributed by atoms with Crippen LogP contribution in [0.1, 0.15) is 41.5 Å². The second-order valence-electron chi connectivity index (χ2n) is 6.22. The van der Waals surface area contributed by atoms with E-state index in [-0.39, 0.29) is 5.91 Å². The lowest BCUT2D eigenvalue weighted by molar-refractivity contribution is 0.0955. The van der Waals surface area contributed by atoms with Crippen molar-refractivity contribution in [1.82, 2.24) is 14.6 Å². The van der Waals surface area contributed by atoms with Gasteiger partial charge in [0.05, 0.1) is 17.5 Å². The molecule has 25 heavy (non-hydrogen) atoms. The fourth-order valence-electron chi connectivity index (χ4n) is 2.85. The van der Waals surface area contributed by atoms with Crippen LogP contribution in [-0.4, -0.2) is 21.3 Å². The molecule has 0 saturated carbocycles. The highest BCUT2D eigenvalue weighted by atomic mass is 16.2. The smallest absolute Gasteiger partial charge is 0.273 e. The van der Waals surface area contributed by atoms with E-state index in [2.05, 4.69) is 35.9 Å². The molecule has 0 saturated heterocycles. The summed E-state index contributed by atoms with van der Waals surface area (Å²) < 4.78 is 4.08. The maximum absolute atomic E-state index is 12.5. The number of hydrogen-bond donors (Lipinski definition) is 1. The molecule has 1 N–H and O–H groups in total. The van der Waals surface area contributed by atoms with Crippen molar-refractivity contribution in [2.75, 3.05) is 0 Å². The summed E-state index contributed by atoms with van der Waals surface area (Å²) in [6.07, 6.45) is 7.52. The first kappa shape index (κ1) is 16.8. The lowest BCUT2D eigenvalue weighted by Gasteiger charge is -2.09. The maximum atomic E-state index is 12.5. The van der Waals surface area contributed by atoms with Crippen LogP contribution in [0.4, 0.5) is 0 Å². The van der Waals surface area contributed by atoms with Gasteiger partial charge < -0.3 is 9.13 Å². The summed E-state index contributed by atoms with van der Waals surface area (Å²) in [4.78, 5) is 12.5. The number of carbonyl (C=O) groups excluding carboxylic acids is 1. The number of hydrazone groups is 1. The van der Waals surface area contributed by atoms with Crippen LogP contribution in [0.25, 0.3) is 5.69 Å². The molecule has 2 heterocycles. The molecule has 1 amide bonds. The summed E-state index contributed by atoms with van der Waals surface area (Å²) in [5, 5.41) is 4.11. The number of benzene rings is 1. The van der Waals surface area contributed by atoms with E-state index >= 15 is 0 Å². The van der Waals surface area contributed by atoms with Crippen molar-refractivity contribution in [3.8, 4) is 5.69 Å².